The molecule has 98 valence electrons. The van der Waals surface area contributed by atoms with Crippen LogP contribution in [0.4, 0.5) is 4.39 Å². The Balaban J connectivity index is 1.95. The summed E-state index contributed by atoms with van der Waals surface area (Å²) >= 11 is 0. The number of nitrogens with zero attached hydrogens (tertiary/aromatic N) is 2. The third-order valence-electron chi connectivity index (χ3n) is 3.30. The molecule has 4 nitrogen and oxygen atoms in total. The highest BCUT2D eigenvalue weighted by atomic mass is 19.1. The number of primary amides is 1. The molecule has 0 radical (unpaired) electrons. The summed E-state index contributed by atoms with van der Waals surface area (Å²) in [5, 5.41) is 0. The fraction of sp³-hybridized carbons (Fsp3) is 0.462. The Hall–Kier alpha value is -1.46. The maximum atomic E-state index is 13.5. The van der Waals surface area contributed by atoms with Crippen molar-refractivity contribution in [3.05, 3.63) is 35.4 Å². The Labute approximate surface area is 106 Å². The van der Waals surface area contributed by atoms with Crippen molar-refractivity contribution in [1.29, 1.82) is 0 Å². The molecule has 1 aliphatic heterocycles. The number of rotatable bonds is 3. The van der Waals surface area contributed by atoms with Gasteiger partial charge in [-0.15, -0.1) is 0 Å². The summed E-state index contributed by atoms with van der Waals surface area (Å²) in [7, 11) is 1.80. The van der Waals surface area contributed by atoms with Gasteiger partial charge in [-0.2, -0.15) is 0 Å². The van der Waals surface area contributed by atoms with Crippen LogP contribution in [-0.2, 0) is 6.54 Å². The van der Waals surface area contributed by atoms with E-state index in [2.05, 4.69) is 4.90 Å². The molecule has 1 fully saturated rings. The first-order valence-electron chi connectivity index (χ1n) is 6.01. The molecule has 1 aromatic rings. The smallest absolute Gasteiger partial charge is 0.248 e. The molecule has 2 N–H and O–H groups in total. The predicted molar refractivity (Wildman–Crippen MR) is 67.8 cm³/mol. The van der Waals surface area contributed by atoms with Crippen molar-refractivity contribution >= 4 is 5.91 Å². The molecule has 1 aromatic carbocycles. The van der Waals surface area contributed by atoms with Gasteiger partial charge in [0, 0.05) is 31.7 Å². The highest BCUT2D eigenvalue weighted by Gasteiger charge is 2.23. The van der Waals surface area contributed by atoms with Crippen LogP contribution in [0.25, 0.3) is 0 Å². The predicted octanol–water partition coefficient (Wildman–Crippen LogP) is 0.828. The first kappa shape index (κ1) is 13.0. The number of alkyl halides is 1. The van der Waals surface area contributed by atoms with Crippen molar-refractivity contribution in [2.24, 2.45) is 5.73 Å². The number of halogens is 1. The maximum absolute atomic E-state index is 13.5. The number of hydrogen-bond acceptors (Lipinski definition) is 3. The van der Waals surface area contributed by atoms with Crippen LogP contribution >= 0.6 is 0 Å². The van der Waals surface area contributed by atoms with Gasteiger partial charge in [-0.05, 0) is 24.7 Å². The third kappa shape index (κ3) is 3.05. The van der Waals surface area contributed by atoms with Crippen LogP contribution in [-0.4, -0.2) is 48.7 Å². The van der Waals surface area contributed by atoms with Gasteiger partial charge in [0.2, 0.25) is 5.91 Å². The number of carbonyl (C=O) groups is 1. The van der Waals surface area contributed by atoms with Crippen LogP contribution in [0.5, 0.6) is 0 Å². The Morgan fingerprint density at radius 1 is 1.39 bits per heavy atom. The molecular weight excluding hydrogens is 233 g/mol. The summed E-state index contributed by atoms with van der Waals surface area (Å²) in [5.74, 6) is -0.426. The SMILES string of the molecule is CN1CCN(Cc2ccc(C(N)=O)cc2)CC1F. The fourth-order valence-corrected chi connectivity index (χ4v) is 2.06. The van der Waals surface area contributed by atoms with E-state index in [4.69, 9.17) is 5.73 Å². The lowest BCUT2D eigenvalue weighted by molar-refractivity contribution is 0.0146. The van der Waals surface area contributed by atoms with Crippen LogP contribution in [0.3, 0.4) is 0 Å². The van der Waals surface area contributed by atoms with Gasteiger partial charge in [-0.3, -0.25) is 14.6 Å². The maximum Gasteiger partial charge on any atom is 0.248 e. The summed E-state index contributed by atoms with van der Waals surface area (Å²) in [4.78, 5) is 14.7. The number of nitrogens with two attached hydrogens (primary N) is 1. The Morgan fingerprint density at radius 3 is 2.61 bits per heavy atom. The largest absolute Gasteiger partial charge is 0.366 e. The second kappa shape index (κ2) is 5.46. The second-order valence-corrected chi connectivity index (χ2v) is 4.71. The number of benzene rings is 1. The van der Waals surface area contributed by atoms with Crippen molar-refractivity contribution in [3.8, 4) is 0 Å². The number of hydrogen-bond donors (Lipinski definition) is 1. The molecule has 0 bridgehead atoms. The van der Waals surface area contributed by atoms with Gasteiger partial charge >= 0.3 is 0 Å². The molecule has 1 atom stereocenters. The van der Waals surface area contributed by atoms with Gasteiger partial charge in [0.1, 0.15) is 0 Å². The van der Waals surface area contributed by atoms with E-state index >= 15 is 0 Å². The highest BCUT2D eigenvalue weighted by Crippen LogP contribution is 2.13. The number of carbonyl (C=O) groups excluding carboxylic acids is 1. The number of piperazine rings is 1. The monoisotopic (exact) mass is 251 g/mol. The first-order chi connectivity index (χ1) is 8.56. The quantitative estimate of drug-likeness (QED) is 0.809. The van der Waals surface area contributed by atoms with Crippen molar-refractivity contribution in [3.63, 3.8) is 0 Å². The minimum Gasteiger partial charge on any atom is -0.366 e. The van der Waals surface area contributed by atoms with Crippen LogP contribution in [0.15, 0.2) is 24.3 Å². The van der Waals surface area contributed by atoms with E-state index in [1.165, 1.54) is 0 Å². The summed E-state index contributed by atoms with van der Waals surface area (Å²) in [6.45, 7) is 2.72. The zero-order chi connectivity index (χ0) is 13.1. The lowest BCUT2D eigenvalue weighted by atomic mass is 10.1. The molecule has 1 aliphatic rings. The minimum atomic E-state index is -0.899. The van der Waals surface area contributed by atoms with Crippen LogP contribution in [0.2, 0.25) is 0 Å². The molecule has 5 heteroatoms. The molecule has 2 rings (SSSR count). The van der Waals surface area contributed by atoms with Crippen molar-refractivity contribution in [2.45, 2.75) is 12.8 Å². The molecule has 0 spiro atoms. The zero-order valence-electron chi connectivity index (χ0n) is 10.5. The Morgan fingerprint density at radius 2 is 2.06 bits per heavy atom. The van der Waals surface area contributed by atoms with Gasteiger partial charge in [-0.25, -0.2) is 4.39 Å². The van der Waals surface area contributed by atoms with E-state index in [0.717, 1.165) is 18.7 Å². The molecule has 1 unspecified atom stereocenters. The lowest BCUT2D eigenvalue weighted by Gasteiger charge is -2.35. The van der Waals surface area contributed by atoms with Gasteiger partial charge in [0.05, 0.1) is 0 Å². The van der Waals surface area contributed by atoms with Gasteiger partial charge < -0.3 is 5.73 Å². The molecular formula is C13H18FN3O. The summed E-state index contributed by atoms with van der Waals surface area (Å²) in [6, 6.07) is 7.15. The average Bonchev–Trinajstić information content (AvgIpc) is 2.34. The lowest BCUT2D eigenvalue weighted by Crippen LogP contribution is -2.48. The summed E-state index contributed by atoms with van der Waals surface area (Å²) in [5.41, 5.74) is 6.74. The van der Waals surface area contributed by atoms with E-state index in [-0.39, 0.29) is 0 Å². The van der Waals surface area contributed by atoms with Crippen LogP contribution in [0, 0.1) is 0 Å². The molecule has 1 heterocycles. The van der Waals surface area contributed by atoms with Crippen molar-refractivity contribution in [1.82, 2.24) is 9.80 Å². The molecule has 18 heavy (non-hydrogen) atoms. The van der Waals surface area contributed by atoms with Crippen molar-refractivity contribution < 1.29 is 9.18 Å². The average molecular weight is 251 g/mol. The molecule has 0 aromatic heterocycles. The van der Waals surface area contributed by atoms with Gasteiger partial charge in [0.15, 0.2) is 6.30 Å². The van der Waals surface area contributed by atoms with Gasteiger partial charge in [-0.1, -0.05) is 12.1 Å². The highest BCUT2D eigenvalue weighted by molar-refractivity contribution is 5.92. The fourth-order valence-electron chi connectivity index (χ4n) is 2.06. The second-order valence-electron chi connectivity index (χ2n) is 4.71. The number of likely N-dealkylation sites (N-methyl/N-ethyl adjacent to an activating group) is 1. The topological polar surface area (TPSA) is 49.6 Å². The normalized spacial score (nSPS) is 22.0. The van der Waals surface area contributed by atoms with E-state index < -0.39 is 12.2 Å². The van der Waals surface area contributed by atoms with Gasteiger partial charge in [0.25, 0.3) is 0 Å². The summed E-state index contributed by atoms with van der Waals surface area (Å²) < 4.78 is 13.5. The van der Waals surface area contributed by atoms with Crippen LogP contribution < -0.4 is 5.73 Å². The van der Waals surface area contributed by atoms with E-state index in [0.29, 0.717) is 18.7 Å². The van der Waals surface area contributed by atoms with Crippen molar-refractivity contribution in [2.75, 3.05) is 26.7 Å². The number of amides is 1. The molecule has 0 aliphatic carbocycles. The first-order valence-corrected chi connectivity index (χ1v) is 6.01. The molecule has 1 amide bonds. The standard InChI is InChI=1S/C13H18FN3O/c1-16-6-7-17(9-12(16)14)8-10-2-4-11(5-3-10)13(15)18/h2-5,12H,6-9H2,1H3,(H2,15,18). The third-order valence-corrected chi connectivity index (χ3v) is 3.30. The molecule has 0 saturated carbocycles. The van der Waals surface area contributed by atoms with E-state index in [9.17, 15) is 9.18 Å². The van der Waals surface area contributed by atoms with E-state index in [1.54, 1.807) is 24.1 Å². The van der Waals surface area contributed by atoms with E-state index in [1.807, 2.05) is 12.1 Å². The summed E-state index contributed by atoms with van der Waals surface area (Å²) in [6.07, 6.45) is -0.899. The molecule has 1 saturated heterocycles. The zero-order valence-corrected chi connectivity index (χ0v) is 10.5. The van der Waals surface area contributed by atoms with Crippen LogP contribution in [0.1, 0.15) is 15.9 Å². The Bertz CT molecular complexity index is 421. The Kier molecular flexibility index (Phi) is 3.93. The minimum absolute atomic E-state index is 0.425.